The van der Waals surface area contributed by atoms with Crippen LogP contribution in [0, 0.1) is 6.92 Å². The Morgan fingerprint density at radius 2 is 2.18 bits per heavy atom. The largest absolute Gasteiger partial charge is 0.397 e. The molecule has 0 fully saturated rings. The first kappa shape index (κ1) is 11.9. The first-order chi connectivity index (χ1) is 8.19. The van der Waals surface area contributed by atoms with Gasteiger partial charge < -0.3 is 11.1 Å². The predicted octanol–water partition coefficient (Wildman–Crippen LogP) is 2.60. The summed E-state index contributed by atoms with van der Waals surface area (Å²) in [5, 5.41) is 4.36. The zero-order valence-electron chi connectivity index (χ0n) is 10.0. The van der Waals surface area contributed by atoms with Crippen LogP contribution in [-0.4, -0.2) is 9.97 Å². The molecule has 0 atom stereocenters. The molecule has 0 aliphatic carbocycles. The van der Waals surface area contributed by atoms with Gasteiger partial charge in [0.25, 0.3) is 0 Å². The van der Waals surface area contributed by atoms with Gasteiger partial charge in [0.15, 0.2) is 0 Å². The van der Waals surface area contributed by atoms with Crippen molar-refractivity contribution in [2.45, 2.75) is 26.8 Å². The molecule has 4 nitrogen and oxygen atoms in total. The van der Waals surface area contributed by atoms with Crippen molar-refractivity contribution in [2.24, 2.45) is 0 Å². The molecular weight excluding hydrogens is 232 g/mol. The van der Waals surface area contributed by atoms with Crippen LogP contribution in [-0.2, 0) is 13.0 Å². The van der Waals surface area contributed by atoms with E-state index < -0.39 is 0 Å². The second kappa shape index (κ2) is 5.14. The summed E-state index contributed by atoms with van der Waals surface area (Å²) >= 11 is 1.74. The van der Waals surface area contributed by atoms with Crippen LogP contribution in [0.4, 0.5) is 11.5 Å². The summed E-state index contributed by atoms with van der Waals surface area (Å²) in [5.41, 5.74) is 7.40. The third kappa shape index (κ3) is 2.94. The van der Waals surface area contributed by atoms with Crippen LogP contribution in [0.3, 0.4) is 0 Å². The number of aromatic nitrogens is 2. The maximum atomic E-state index is 5.66. The lowest BCUT2D eigenvalue weighted by molar-refractivity contribution is 1.06. The van der Waals surface area contributed by atoms with Gasteiger partial charge in [-0.2, -0.15) is 0 Å². The van der Waals surface area contributed by atoms with Crippen LogP contribution in [0.15, 0.2) is 18.5 Å². The number of aryl methyl sites for hydroxylation is 2. The lowest BCUT2D eigenvalue weighted by Gasteiger charge is -2.07. The standard InChI is InChI=1S/C12H16N4S/c1-3-10-6-14-11(17-10)7-16-12-8(2)4-9(13)5-15-12/h4-6H,3,7,13H2,1-2H3,(H,15,16). The topological polar surface area (TPSA) is 63.8 Å². The van der Waals surface area contributed by atoms with Gasteiger partial charge in [-0.1, -0.05) is 6.92 Å². The van der Waals surface area contributed by atoms with E-state index in [1.807, 2.05) is 19.2 Å². The first-order valence-electron chi connectivity index (χ1n) is 5.58. The number of hydrogen-bond donors (Lipinski definition) is 2. The van der Waals surface area contributed by atoms with Crippen molar-refractivity contribution in [1.29, 1.82) is 0 Å². The normalized spacial score (nSPS) is 10.5. The molecule has 0 saturated carbocycles. The van der Waals surface area contributed by atoms with E-state index in [1.54, 1.807) is 17.5 Å². The maximum absolute atomic E-state index is 5.66. The number of hydrogen-bond acceptors (Lipinski definition) is 5. The molecule has 0 spiro atoms. The minimum atomic E-state index is 0.690. The Labute approximate surface area is 105 Å². The predicted molar refractivity (Wildman–Crippen MR) is 72.2 cm³/mol. The minimum absolute atomic E-state index is 0.690. The van der Waals surface area contributed by atoms with E-state index in [9.17, 15) is 0 Å². The Morgan fingerprint density at radius 1 is 1.35 bits per heavy atom. The summed E-state index contributed by atoms with van der Waals surface area (Å²) in [7, 11) is 0. The van der Waals surface area contributed by atoms with E-state index in [1.165, 1.54) is 4.88 Å². The summed E-state index contributed by atoms with van der Waals surface area (Å²) in [6.45, 7) is 4.84. The number of thiazole rings is 1. The molecule has 2 heterocycles. The zero-order chi connectivity index (χ0) is 12.3. The van der Waals surface area contributed by atoms with Crippen LogP contribution in [0.1, 0.15) is 22.4 Å². The highest BCUT2D eigenvalue weighted by molar-refractivity contribution is 7.11. The molecule has 0 bridgehead atoms. The summed E-state index contributed by atoms with van der Waals surface area (Å²) in [6.07, 6.45) is 4.64. The third-order valence-corrected chi connectivity index (χ3v) is 3.60. The molecule has 0 amide bonds. The summed E-state index contributed by atoms with van der Waals surface area (Å²) in [5.74, 6) is 0.868. The van der Waals surface area contributed by atoms with Crippen molar-refractivity contribution in [1.82, 2.24) is 9.97 Å². The molecule has 0 aliphatic heterocycles. The monoisotopic (exact) mass is 248 g/mol. The van der Waals surface area contributed by atoms with Gasteiger partial charge in [-0.15, -0.1) is 11.3 Å². The second-order valence-electron chi connectivity index (χ2n) is 3.86. The van der Waals surface area contributed by atoms with E-state index in [-0.39, 0.29) is 0 Å². The Hall–Kier alpha value is -1.62. The second-order valence-corrected chi connectivity index (χ2v) is 5.06. The van der Waals surface area contributed by atoms with Gasteiger partial charge in [-0.05, 0) is 25.0 Å². The quantitative estimate of drug-likeness (QED) is 0.873. The van der Waals surface area contributed by atoms with E-state index in [4.69, 9.17) is 5.73 Å². The van der Waals surface area contributed by atoms with Crippen LogP contribution < -0.4 is 11.1 Å². The number of nitrogens with two attached hydrogens (primary N) is 1. The molecule has 0 radical (unpaired) electrons. The van der Waals surface area contributed by atoms with Gasteiger partial charge in [0.2, 0.25) is 0 Å². The first-order valence-corrected chi connectivity index (χ1v) is 6.40. The third-order valence-electron chi connectivity index (χ3n) is 2.46. The van der Waals surface area contributed by atoms with Crippen molar-refractivity contribution in [3.8, 4) is 0 Å². The van der Waals surface area contributed by atoms with E-state index >= 15 is 0 Å². The van der Waals surface area contributed by atoms with Gasteiger partial charge in [-0.3, -0.25) is 0 Å². The zero-order valence-corrected chi connectivity index (χ0v) is 10.8. The molecule has 0 unspecified atom stereocenters. The molecule has 2 rings (SSSR count). The average molecular weight is 248 g/mol. The summed E-state index contributed by atoms with van der Waals surface area (Å²) < 4.78 is 0. The van der Waals surface area contributed by atoms with Crippen LogP contribution in [0.25, 0.3) is 0 Å². The Kier molecular flexibility index (Phi) is 3.58. The van der Waals surface area contributed by atoms with Gasteiger partial charge >= 0.3 is 0 Å². The highest BCUT2D eigenvalue weighted by atomic mass is 32.1. The number of anilines is 2. The van der Waals surface area contributed by atoms with E-state index in [2.05, 4.69) is 22.2 Å². The molecule has 5 heteroatoms. The van der Waals surface area contributed by atoms with Crippen LogP contribution in [0.5, 0.6) is 0 Å². The molecule has 3 N–H and O–H groups in total. The minimum Gasteiger partial charge on any atom is -0.397 e. The lowest BCUT2D eigenvalue weighted by atomic mass is 10.2. The average Bonchev–Trinajstić information content (AvgIpc) is 2.76. The number of nitrogens with one attached hydrogen (secondary N) is 1. The number of nitrogen functional groups attached to an aromatic ring is 1. The van der Waals surface area contributed by atoms with Crippen molar-refractivity contribution >= 4 is 22.8 Å². The molecular formula is C12H16N4S. The number of pyridine rings is 1. The number of nitrogens with zero attached hydrogens (tertiary/aromatic N) is 2. The molecule has 2 aromatic rings. The maximum Gasteiger partial charge on any atom is 0.129 e. The molecule has 0 saturated heterocycles. The lowest BCUT2D eigenvalue weighted by Crippen LogP contribution is -2.03. The highest BCUT2D eigenvalue weighted by Crippen LogP contribution is 2.17. The van der Waals surface area contributed by atoms with E-state index in [0.29, 0.717) is 12.2 Å². The molecule has 17 heavy (non-hydrogen) atoms. The Morgan fingerprint density at radius 3 is 2.82 bits per heavy atom. The summed E-state index contributed by atoms with van der Waals surface area (Å²) in [4.78, 5) is 9.92. The Balaban J connectivity index is 2.02. The fourth-order valence-corrected chi connectivity index (χ4v) is 2.34. The van der Waals surface area contributed by atoms with Crippen molar-refractivity contribution in [3.05, 3.63) is 33.9 Å². The van der Waals surface area contributed by atoms with Gasteiger partial charge in [-0.25, -0.2) is 9.97 Å². The van der Waals surface area contributed by atoms with Crippen molar-refractivity contribution in [2.75, 3.05) is 11.1 Å². The van der Waals surface area contributed by atoms with Gasteiger partial charge in [0.1, 0.15) is 10.8 Å². The van der Waals surface area contributed by atoms with Gasteiger partial charge in [0.05, 0.1) is 18.4 Å². The molecule has 2 aromatic heterocycles. The van der Waals surface area contributed by atoms with Crippen molar-refractivity contribution < 1.29 is 0 Å². The smallest absolute Gasteiger partial charge is 0.129 e. The number of rotatable bonds is 4. The summed E-state index contributed by atoms with van der Waals surface area (Å²) in [6, 6.07) is 1.91. The molecule has 90 valence electrons. The SMILES string of the molecule is CCc1cnc(CNc2ncc(N)cc2C)s1. The fraction of sp³-hybridized carbons (Fsp3) is 0.333. The van der Waals surface area contributed by atoms with Crippen LogP contribution in [0.2, 0.25) is 0 Å². The molecule has 0 aliphatic rings. The van der Waals surface area contributed by atoms with Crippen molar-refractivity contribution in [3.63, 3.8) is 0 Å². The van der Waals surface area contributed by atoms with Gasteiger partial charge in [0, 0.05) is 11.1 Å². The molecule has 0 aromatic carbocycles. The van der Waals surface area contributed by atoms with Crippen LogP contribution >= 0.6 is 11.3 Å². The van der Waals surface area contributed by atoms with E-state index in [0.717, 1.165) is 22.8 Å². The Bertz CT molecular complexity index is 507. The highest BCUT2D eigenvalue weighted by Gasteiger charge is 2.03. The fourth-order valence-electron chi connectivity index (χ4n) is 1.53.